The van der Waals surface area contributed by atoms with E-state index in [4.69, 9.17) is 0 Å². The Kier molecular flexibility index (Phi) is 4.76. The van der Waals surface area contributed by atoms with Crippen LogP contribution >= 0.6 is 23.1 Å². The molecule has 0 unspecified atom stereocenters. The Morgan fingerprint density at radius 1 is 1.37 bits per heavy atom. The van der Waals surface area contributed by atoms with Crippen molar-refractivity contribution in [2.45, 2.75) is 43.0 Å². The van der Waals surface area contributed by atoms with Gasteiger partial charge in [0, 0.05) is 23.2 Å². The summed E-state index contributed by atoms with van der Waals surface area (Å²) in [6, 6.07) is 0. The molecule has 2 rings (SSSR count). The number of nitrogens with one attached hydrogen (secondary N) is 1. The highest BCUT2D eigenvalue weighted by Crippen LogP contribution is 2.36. The molecule has 0 atom stereocenters. The zero-order chi connectivity index (χ0) is 13.8. The van der Waals surface area contributed by atoms with Gasteiger partial charge in [-0.2, -0.15) is 0 Å². The van der Waals surface area contributed by atoms with Crippen LogP contribution in [0, 0.1) is 6.92 Å². The van der Waals surface area contributed by atoms with Gasteiger partial charge in [-0.25, -0.2) is 15.0 Å². The van der Waals surface area contributed by atoms with E-state index in [0.29, 0.717) is 5.92 Å². The Morgan fingerprint density at radius 3 is 2.74 bits per heavy atom. The van der Waals surface area contributed by atoms with E-state index in [0.717, 1.165) is 27.4 Å². The molecular weight excluding hydrogens is 276 g/mol. The molecule has 0 aliphatic rings. The van der Waals surface area contributed by atoms with Crippen molar-refractivity contribution < 1.29 is 0 Å². The first-order chi connectivity index (χ1) is 9.11. The van der Waals surface area contributed by atoms with E-state index in [-0.39, 0.29) is 0 Å². The summed E-state index contributed by atoms with van der Waals surface area (Å²) >= 11 is 3.27. The molecule has 1 N–H and O–H groups in total. The lowest BCUT2D eigenvalue weighted by atomic mass is 10.1. The van der Waals surface area contributed by atoms with Gasteiger partial charge in [-0.1, -0.05) is 13.8 Å². The lowest BCUT2D eigenvalue weighted by Gasteiger charge is -2.15. The minimum atomic E-state index is 0.374. The number of aromatic nitrogens is 3. The average molecular weight is 294 g/mol. The van der Waals surface area contributed by atoms with Crippen molar-refractivity contribution in [1.29, 1.82) is 0 Å². The van der Waals surface area contributed by atoms with E-state index in [9.17, 15) is 0 Å². The SMILES string of the molecule is CCNc1ncnc(Sc2nc(C)cs2)c1C(C)C. The van der Waals surface area contributed by atoms with Crippen LogP contribution in [0.15, 0.2) is 21.1 Å². The van der Waals surface area contributed by atoms with Crippen molar-refractivity contribution >= 4 is 28.9 Å². The second-order valence-electron chi connectivity index (χ2n) is 4.48. The van der Waals surface area contributed by atoms with Gasteiger partial charge in [-0.3, -0.25) is 0 Å². The summed E-state index contributed by atoms with van der Waals surface area (Å²) in [4.78, 5) is 13.3. The van der Waals surface area contributed by atoms with Crippen LogP contribution in [0.4, 0.5) is 5.82 Å². The number of nitrogens with zero attached hydrogens (tertiary/aromatic N) is 3. The van der Waals surface area contributed by atoms with Crippen LogP contribution in [0.5, 0.6) is 0 Å². The van der Waals surface area contributed by atoms with Gasteiger partial charge in [0.15, 0.2) is 4.34 Å². The third kappa shape index (κ3) is 3.45. The molecule has 0 fully saturated rings. The molecule has 2 heterocycles. The van der Waals surface area contributed by atoms with Crippen LogP contribution < -0.4 is 5.32 Å². The largest absolute Gasteiger partial charge is 0.370 e. The molecule has 19 heavy (non-hydrogen) atoms. The molecule has 0 amide bonds. The molecule has 6 heteroatoms. The molecule has 2 aromatic rings. The quantitative estimate of drug-likeness (QED) is 0.846. The van der Waals surface area contributed by atoms with E-state index in [1.165, 1.54) is 5.56 Å². The van der Waals surface area contributed by atoms with E-state index in [1.54, 1.807) is 29.4 Å². The molecule has 0 radical (unpaired) electrons. The summed E-state index contributed by atoms with van der Waals surface area (Å²) in [5.41, 5.74) is 2.22. The summed E-state index contributed by atoms with van der Waals surface area (Å²) in [7, 11) is 0. The van der Waals surface area contributed by atoms with Gasteiger partial charge in [0.2, 0.25) is 0 Å². The Morgan fingerprint density at radius 2 is 2.16 bits per heavy atom. The van der Waals surface area contributed by atoms with Crippen LogP contribution in [0.1, 0.15) is 37.9 Å². The number of aryl methyl sites for hydroxylation is 1. The van der Waals surface area contributed by atoms with Gasteiger partial charge in [0.05, 0.1) is 0 Å². The Labute approximate surface area is 122 Å². The van der Waals surface area contributed by atoms with Crippen molar-refractivity contribution in [1.82, 2.24) is 15.0 Å². The minimum absolute atomic E-state index is 0.374. The monoisotopic (exact) mass is 294 g/mol. The van der Waals surface area contributed by atoms with E-state index in [2.05, 4.69) is 46.4 Å². The molecular formula is C13H18N4S2. The van der Waals surface area contributed by atoms with Gasteiger partial charge in [-0.05, 0) is 31.5 Å². The Balaban J connectivity index is 2.35. The van der Waals surface area contributed by atoms with Gasteiger partial charge in [0.25, 0.3) is 0 Å². The second-order valence-corrected chi connectivity index (χ2v) is 6.58. The van der Waals surface area contributed by atoms with E-state index < -0.39 is 0 Å². The first kappa shape index (κ1) is 14.3. The van der Waals surface area contributed by atoms with Crippen molar-refractivity contribution in [2.24, 2.45) is 0 Å². The van der Waals surface area contributed by atoms with E-state index in [1.807, 2.05) is 6.92 Å². The third-order valence-corrected chi connectivity index (χ3v) is 4.63. The molecule has 0 saturated heterocycles. The zero-order valence-corrected chi connectivity index (χ0v) is 13.2. The summed E-state index contributed by atoms with van der Waals surface area (Å²) < 4.78 is 1.03. The topological polar surface area (TPSA) is 50.7 Å². The zero-order valence-electron chi connectivity index (χ0n) is 11.6. The maximum absolute atomic E-state index is 4.48. The molecule has 2 aromatic heterocycles. The van der Waals surface area contributed by atoms with Gasteiger partial charge in [-0.15, -0.1) is 11.3 Å². The smallest absolute Gasteiger partial charge is 0.156 e. The fourth-order valence-corrected chi connectivity index (χ4v) is 3.74. The number of hydrogen-bond acceptors (Lipinski definition) is 6. The molecule has 0 spiro atoms. The molecule has 0 saturated carbocycles. The predicted molar refractivity (Wildman–Crippen MR) is 81.3 cm³/mol. The highest BCUT2D eigenvalue weighted by Gasteiger charge is 2.16. The van der Waals surface area contributed by atoms with Crippen LogP contribution in [0.25, 0.3) is 0 Å². The summed E-state index contributed by atoms with van der Waals surface area (Å²) in [5.74, 6) is 1.31. The van der Waals surface area contributed by atoms with Crippen LogP contribution in [0.2, 0.25) is 0 Å². The molecule has 0 aromatic carbocycles. The number of hydrogen-bond donors (Lipinski definition) is 1. The van der Waals surface area contributed by atoms with Crippen LogP contribution in [-0.4, -0.2) is 21.5 Å². The molecule has 0 bridgehead atoms. The molecule has 4 nitrogen and oxygen atoms in total. The fraction of sp³-hybridized carbons (Fsp3) is 0.462. The first-order valence-corrected chi connectivity index (χ1v) is 8.00. The van der Waals surface area contributed by atoms with Crippen LogP contribution in [0.3, 0.4) is 0 Å². The second kappa shape index (κ2) is 6.34. The molecule has 102 valence electrons. The molecule has 0 aliphatic heterocycles. The van der Waals surface area contributed by atoms with Gasteiger partial charge < -0.3 is 5.32 Å². The van der Waals surface area contributed by atoms with Crippen molar-refractivity contribution in [3.8, 4) is 0 Å². The van der Waals surface area contributed by atoms with Crippen LogP contribution in [-0.2, 0) is 0 Å². The normalized spacial score (nSPS) is 11.0. The van der Waals surface area contributed by atoms with Crippen molar-refractivity contribution in [3.63, 3.8) is 0 Å². The maximum atomic E-state index is 4.48. The lowest BCUT2D eigenvalue weighted by molar-refractivity contribution is 0.803. The van der Waals surface area contributed by atoms with E-state index >= 15 is 0 Å². The Hall–Kier alpha value is -1.14. The maximum Gasteiger partial charge on any atom is 0.156 e. The fourth-order valence-electron chi connectivity index (χ4n) is 1.75. The standard InChI is InChI=1S/C13H18N4S2/c1-5-14-11-10(8(2)3)12(16-7-15-11)19-13-17-9(4)6-18-13/h6-8H,5H2,1-4H3,(H,14,15,16). The highest BCUT2D eigenvalue weighted by molar-refractivity contribution is 8.01. The number of thiazole rings is 1. The average Bonchev–Trinajstić information content (AvgIpc) is 2.75. The first-order valence-electron chi connectivity index (χ1n) is 6.30. The van der Waals surface area contributed by atoms with Crippen molar-refractivity contribution in [3.05, 3.63) is 23.0 Å². The van der Waals surface area contributed by atoms with Crippen molar-refractivity contribution in [2.75, 3.05) is 11.9 Å². The number of anilines is 1. The predicted octanol–water partition coefficient (Wildman–Crippen LogP) is 3.95. The highest BCUT2D eigenvalue weighted by atomic mass is 32.2. The Bertz CT molecular complexity index is 551. The summed E-state index contributed by atoms with van der Waals surface area (Å²) in [6.07, 6.45) is 1.62. The van der Waals surface area contributed by atoms with Gasteiger partial charge in [0.1, 0.15) is 17.2 Å². The third-order valence-electron chi connectivity index (χ3n) is 2.55. The lowest BCUT2D eigenvalue weighted by Crippen LogP contribution is -2.07. The summed E-state index contributed by atoms with van der Waals surface area (Å²) in [6.45, 7) is 9.27. The minimum Gasteiger partial charge on any atom is -0.370 e. The molecule has 0 aliphatic carbocycles. The summed E-state index contributed by atoms with van der Waals surface area (Å²) in [5, 5.41) is 6.36. The number of rotatable bonds is 5. The van der Waals surface area contributed by atoms with Gasteiger partial charge >= 0.3 is 0 Å².